The fourth-order valence-corrected chi connectivity index (χ4v) is 4.24. The van der Waals surface area contributed by atoms with Crippen molar-refractivity contribution in [3.8, 4) is 0 Å². The van der Waals surface area contributed by atoms with Crippen LogP contribution in [0.3, 0.4) is 0 Å². The third-order valence-electron chi connectivity index (χ3n) is 5.65. The lowest BCUT2D eigenvalue weighted by Crippen LogP contribution is -2.45. The first-order valence-corrected chi connectivity index (χ1v) is 10.1. The van der Waals surface area contributed by atoms with Crippen molar-refractivity contribution in [3.05, 3.63) is 54.2 Å². The number of pyridine rings is 1. The number of aryl methyl sites for hydroxylation is 1. The van der Waals surface area contributed by atoms with E-state index in [1.807, 2.05) is 24.4 Å². The van der Waals surface area contributed by atoms with Gasteiger partial charge in [-0.3, -0.25) is 4.79 Å². The van der Waals surface area contributed by atoms with E-state index in [0.717, 1.165) is 51.3 Å². The Balaban J connectivity index is 1.29. The van der Waals surface area contributed by atoms with Gasteiger partial charge in [0.15, 0.2) is 0 Å². The van der Waals surface area contributed by atoms with Crippen molar-refractivity contribution < 1.29 is 4.79 Å². The Morgan fingerprint density at radius 1 is 1.11 bits per heavy atom. The Morgan fingerprint density at radius 2 is 2.00 bits per heavy atom. The van der Waals surface area contributed by atoms with Gasteiger partial charge in [0.2, 0.25) is 5.91 Å². The second kappa shape index (κ2) is 8.42. The largest absolute Gasteiger partial charge is 0.370 e. The van der Waals surface area contributed by atoms with Crippen LogP contribution in [0.15, 0.2) is 48.7 Å². The van der Waals surface area contributed by atoms with Gasteiger partial charge in [-0.1, -0.05) is 24.3 Å². The molecule has 1 amide bonds. The van der Waals surface area contributed by atoms with Gasteiger partial charge in [0, 0.05) is 44.6 Å². The number of piperidine rings is 1. The monoisotopic (exact) mass is 364 g/mol. The number of nitrogens with one attached hydrogen (secondary N) is 1. The van der Waals surface area contributed by atoms with Gasteiger partial charge in [0.05, 0.1) is 5.92 Å². The number of fused-ring (bicyclic) bond motifs is 1. The van der Waals surface area contributed by atoms with Crippen LogP contribution in [0.4, 0.5) is 11.5 Å². The van der Waals surface area contributed by atoms with Crippen LogP contribution >= 0.6 is 0 Å². The average Bonchev–Trinajstić information content (AvgIpc) is 2.74. The van der Waals surface area contributed by atoms with Crippen LogP contribution in [0.5, 0.6) is 0 Å². The number of aromatic nitrogens is 1. The van der Waals surface area contributed by atoms with Crippen LogP contribution < -0.4 is 15.1 Å². The van der Waals surface area contributed by atoms with E-state index in [-0.39, 0.29) is 11.8 Å². The minimum atomic E-state index is 0.0504. The summed E-state index contributed by atoms with van der Waals surface area (Å²) in [4.78, 5) is 21.7. The van der Waals surface area contributed by atoms with Crippen LogP contribution in [-0.2, 0) is 11.2 Å². The molecule has 0 aliphatic carbocycles. The zero-order valence-electron chi connectivity index (χ0n) is 15.8. The zero-order valence-corrected chi connectivity index (χ0v) is 15.8. The molecule has 2 aliphatic rings. The molecule has 1 atom stereocenters. The van der Waals surface area contributed by atoms with E-state index >= 15 is 0 Å². The summed E-state index contributed by atoms with van der Waals surface area (Å²) in [5.74, 6) is 1.20. The topological polar surface area (TPSA) is 48.5 Å². The molecule has 0 bridgehead atoms. The molecule has 3 heterocycles. The van der Waals surface area contributed by atoms with Crippen LogP contribution in [0.1, 0.15) is 24.8 Å². The first kappa shape index (κ1) is 17.8. The van der Waals surface area contributed by atoms with Gasteiger partial charge in [-0.25, -0.2) is 4.98 Å². The SMILES string of the molecule is O=C(NCCN1CCCc2ccccc21)C1CCCN(c2ccccn2)C1. The lowest BCUT2D eigenvalue weighted by atomic mass is 9.97. The molecule has 1 aromatic carbocycles. The van der Waals surface area contributed by atoms with Gasteiger partial charge >= 0.3 is 0 Å². The van der Waals surface area contributed by atoms with Crippen molar-refractivity contribution in [1.29, 1.82) is 0 Å². The van der Waals surface area contributed by atoms with Gasteiger partial charge in [-0.05, 0) is 49.4 Å². The number of nitrogens with zero attached hydrogens (tertiary/aromatic N) is 3. The van der Waals surface area contributed by atoms with E-state index in [4.69, 9.17) is 0 Å². The molecule has 0 spiro atoms. The van der Waals surface area contributed by atoms with Gasteiger partial charge < -0.3 is 15.1 Å². The Labute approximate surface area is 161 Å². The molecule has 5 nitrogen and oxygen atoms in total. The normalized spacial score (nSPS) is 19.5. The van der Waals surface area contributed by atoms with E-state index in [9.17, 15) is 4.79 Å². The molecule has 2 aromatic rings. The van der Waals surface area contributed by atoms with Crippen LogP contribution in [0, 0.1) is 5.92 Å². The molecule has 0 saturated carbocycles. The van der Waals surface area contributed by atoms with Crippen molar-refractivity contribution in [2.45, 2.75) is 25.7 Å². The Morgan fingerprint density at radius 3 is 2.89 bits per heavy atom. The molecular weight excluding hydrogens is 336 g/mol. The van der Waals surface area contributed by atoms with E-state index in [1.54, 1.807) is 0 Å². The third-order valence-corrected chi connectivity index (χ3v) is 5.65. The Hall–Kier alpha value is -2.56. The van der Waals surface area contributed by atoms with Crippen molar-refractivity contribution in [1.82, 2.24) is 10.3 Å². The third kappa shape index (κ3) is 4.24. The molecule has 142 valence electrons. The van der Waals surface area contributed by atoms with E-state index in [0.29, 0.717) is 6.54 Å². The highest BCUT2D eigenvalue weighted by molar-refractivity contribution is 5.79. The highest BCUT2D eigenvalue weighted by Crippen LogP contribution is 2.26. The number of hydrogen-bond donors (Lipinski definition) is 1. The average molecular weight is 364 g/mol. The maximum atomic E-state index is 12.7. The van der Waals surface area contributed by atoms with Crippen LogP contribution in [0.25, 0.3) is 0 Å². The number of carbonyl (C=O) groups excluding carboxylic acids is 1. The van der Waals surface area contributed by atoms with E-state index in [1.165, 1.54) is 17.7 Å². The smallest absolute Gasteiger partial charge is 0.224 e. The predicted octanol–water partition coefficient (Wildman–Crippen LogP) is 2.87. The molecule has 1 unspecified atom stereocenters. The highest BCUT2D eigenvalue weighted by atomic mass is 16.1. The molecule has 5 heteroatoms. The predicted molar refractivity (Wildman–Crippen MR) is 109 cm³/mol. The quantitative estimate of drug-likeness (QED) is 0.886. The Bertz CT molecular complexity index is 764. The summed E-state index contributed by atoms with van der Waals surface area (Å²) < 4.78 is 0. The summed E-state index contributed by atoms with van der Waals surface area (Å²) in [6, 6.07) is 14.6. The summed E-state index contributed by atoms with van der Waals surface area (Å²) >= 11 is 0. The molecule has 1 fully saturated rings. The van der Waals surface area contributed by atoms with Gasteiger partial charge in [0.25, 0.3) is 0 Å². The Kier molecular flexibility index (Phi) is 5.56. The summed E-state index contributed by atoms with van der Waals surface area (Å²) in [5, 5.41) is 3.17. The van der Waals surface area contributed by atoms with Crippen molar-refractivity contribution in [2.24, 2.45) is 5.92 Å². The van der Waals surface area contributed by atoms with Crippen molar-refractivity contribution >= 4 is 17.4 Å². The number of para-hydroxylation sites is 1. The number of anilines is 2. The first-order chi connectivity index (χ1) is 13.3. The van der Waals surface area contributed by atoms with Crippen molar-refractivity contribution in [3.63, 3.8) is 0 Å². The number of amides is 1. The molecule has 27 heavy (non-hydrogen) atoms. The summed E-state index contributed by atoms with van der Waals surface area (Å²) in [6.45, 7) is 4.39. The lowest BCUT2D eigenvalue weighted by molar-refractivity contribution is -0.125. The number of rotatable bonds is 5. The number of benzene rings is 1. The van der Waals surface area contributed by atoms with Gasteiger partial charge in [-0.15, -0.1) is 0 Å². The maximum Gasteiger partial charge on any atom is 0.224 e. The minimum absolute atomic E-state index is 0.0504. The standard InChI is InChI=1S/C22H28N4O/c27-22(19-9-6-15-26(17-19)21-11-3-4-12-23-21)24-13-16-25-14-5-8-18-7-1-2-10-20(18)25/h1-4,7,10-12,19H,5-6,8-9,13-17H2,(H,24,27). The van der Waals surface area contributed by atoms with Crippen molar-refractivity contribution in [2.75, 3.05) is 42.5 Å². The second-order valence-corrected chi connectivity index (χ2v) is 7.48. The molecule has 1 saturated heterocycles. The zero-order chi connectivity index (χ0) is 18.5. The second-order valence-electron chi connectivity index (χ2n) is 7.48. The fraction of sp³-hybridized carbons (Fsp3) is 0.455. The first-order valence-electron chi connectivity index (χ1n) is 10.1. The summed E-state index contributed by atoms with van der Waals surface area (Å²) in [5.41, 5.74) is 2.75. The minimum Gasteiger partial charge on any atom is -0.370 e. The van der Waals surface area contributed by atoms with Crippen LogP contribution in [-0.4, -0.2) is 43.6 Å². The number of carbonyl (C=O) groups is 1. The summed E-state index contributed by atoms with van der Waals surface area (Å²) in [6.07, 6.45) is 6.16. The van der Waals surface area contributed by atoms with E-state index in [2.05, 4.69) is 44.4 Å². The highest BCUT2D eigenvalue weighted by Gasteiger charge is 2.26. The molecular formula is C22H28N4O. The summed E-state index contributed by atoms with van der Waals surface area (Å²) in [7, 11) is 0. The molecule has 4 rings (SSSR count). The van der Waals surface area contributed by atoms with E-state index < -0.39 is 0 Å². The van der Waals surface area contributed by atoms with Gasteiger partial charge in [-0.2, -0.15) is 0 Å². The van der Waals surface area contributed by atoms with Crippen LogP contribution in [0.2, 0.25) is 0 Å². The molecule has 1 aromatic heterocycles. The maximum absolute atomic E-state index is 12.7. The molecule has 0 radical (unpaired) electrons. The number of hydrogen-bond acceptors (Lipinski definition) is 4. The fourth-order valence-electron chi connectivity index (χ4n) is 4.24. The molecule has 2 aliphatic heterocycles. The lowest BCUT2D eigenvalue weighted by Gasteiger charge is -2.33. The van der Waals surface area contributed by atoms with Gasteiger partial charge in [0.1, 0.15) is 5.82 Å². The molecule has 1 N–H and O–H groups in total.